The van der Waals surface area contributed by atoms with Crippen molar-refractivity contribution in [2.75, 3.05) is 13.2 Å². The molecule has 1 heterocycles. The molecule has 3 rings (SSSR count). The van der Waals surface area contributed by atoms with Gasteiger partial charge in [0.25, 0.3) is 0 Å². The Morgan fingerprint density at radius 3 is 2.84 bits per heavy atom. The van der Waals surface area contributed by atoms with Crippen LogP contribution in [-0.2, 0) is 4.74 Å². The topological polar surface area (TPSA) is 21.3 Å². The van der Waals surface area contributed by atoms with E-state index in [2.05, 4.69) is 5.32 Å². The van der Waals surface area contributed by atoms with Gasteiger partial charge in [-0.05, 0) is 56.2 Å². The van der Waals surface area contributed by atoms with Gasteiger partial charge in [0.15, 0.2) is 0 Å². The number of hydrogen-bond acceptors (Lipinski definition) is 2. The lowest BCUT2D eigenvalue weighted by Crippen LogP contribution is -2.41. The van der Waals surface area contributed by atoms with Crippen molar-refractivity contribution in [1.82, 2.24) is 5.32 Å². The lowest BCUT2D eigenvalue weighted by molar-refractivity contribution is 0.102. The first-order valence-corrected chi connectivity index (χ1v) is 7.42. The molecule has 1 aliphatic carbocycles. The van der Waals surface area contributed by atoms with Crippen LogP contribution in [0.1, 0.15) is 43.6 Å². The molecule has 1 aromatic carbocycles. The molecule has 3 heteroatoms. The van der Waals surface area contributed by atoms with Crippen molar-refractivity contribution >= 4 is 0 Å². The first-order chi connectivity index (χ1) is 9.33. The molecule has 2 aliphatic rings. The molecule has 1 atom stereocenters. The molecule has 104 valence electrons. The first-order valence-electron chi connectivity index (χ1n) is 7.42. The largest absolute Gasteiger partial charge is 0.378 e. The van der Waals surface area contributed by atoms with Gasteiger partial charge in [-0.25, -0.2) is 4.39 Å². The van der Waals surface area contributed by atoms with Crippen LogP contribution in [0.25, 0.3) is 0 Å². The highest BCUT2D eigenvalue weighted by Gasteiger charge is 2.31. The van der Waals surface area contributed by atoms with Gasteiger partial charge in [-0.3, -0.25) is 0 Å². The number of halogens is 1. The van der Waals surface area contributed by atoms with E-state index in [0.29, 0.717) is 18.1 Å². The van der Waals surface area contributed by atoms with Gasteiger partial charge in [0.2, 0.25) is 0 Å². The Morgan fingerprint density at radius 1 is 1.26 bits per heavy atom. The number of nitrogens with one attached hydrogen (secondary N) is 1. The zero-order valence-electron chi connectivity index (χ0n) is 11.3. The molecule has 0 bridgehead atoms. The molecule has 19 heavy (non-hydrogen) atoms. The van der Waals surface area contributed by atoms with Gasteiger partial charge >= 0.3 is 0 Å². The van der Waals surface area contributed by atoms with Gasteiger partial charge < -0.3 is 10.1 Å². The monoisotopic (exact) mass is 263 g/mol. The van der Waals surface area contributed by atoms with E-state index in [1.165, 1.54) is 12.8 Å². The first kappa shape index (κ1) is 13.1. The van der Waals surface area contributed by atoms with E-state index in [9.17, 15) is 4.39 Å². The third-order valence-corrected chi connectivity index (χ3v) is 4.41. The van der Waals surface area contributed by atoms with Gasteiger partial charge in [0, 0.05) is 12.6 Å². The van der Waals surface area contributed by atoms with Gasteiger partial charge in [-0.15, -0.1) is 0 Å². The molecule has 1 aromatic rings. The van der Waals surface area contributed by atoms with Crippen molar-refractivity contribution in [3.63, 3.8) is 0 Å². The molecule has 1 saturated heterocycles. The van der Waals surface area contributed by atoms with E-state index in [0.717, 1.165) is 38.0 Å². The van der Waals surface area contributed by atoms with Crippen LogP contribution < -0.4 is 5.32 Å². The van der Waals surface area contributed by atoms with Crippen molar-refractivity contribution in [3.05, 3.63) is 35.6 Å². The maximum absolute atomic E-state index is 13.6. The lowest BCUT2D eigenvalue weighted by atomic mass is 9.75. The summed E-state index contributed by atoms with van der Waals surface area (Å²) in [5.74, 6) is 0.353. The summed E-state index contributed by atoms with van der Waals surface area (Å²) in [6.07, 6.45) is 6.13. The van der Waals surface area contributed by atoms with Gasteiger partial charge in [-0.1, -0.05) is 18.2 Å². The predicted octanol–water partition coefficient (Wildman–Crippen LogP) is 3.23. The zero-order chi connectivity index (χ0) is 13.1. The lowest BCUT2D eigenvalue weighted by Gasteiger charge is -2.36. The van der Waals surface area contributed by atoms with Crippen LogP contribution in [0.3, 0.4) is 0 Å². The summed E-state index contributed by atoms with van der Waals surface area (Å²) in [4.78, 5) is 0. The zero-order valence-corrected chi connectivity index (χ0v) is 11.3. The standard InChI is InChI=1S/C16H22FNO/c17-16-6-2-1-5-15(16)12-10-13(11-12)18-8-7-14-4-3-9-19-14/h1-2,5-6,12-14,18H,3-4,7-11H2. The van der Waals surface area contributed by atoms with Crippen molar-refractivity contribution in [2.45, 2.75) is 50.2 Å². The van der Waals surface area contributed by atoms with Crippen molar-refractivity contribution in [2.24, 2.45) is 0 Å². The number of hydrogen-bond donors (Lipinski definition) is 1. The molecular weight excluding hydrogens is 241 g/mol. The molecule has 1 N–H and O–H groups in total. The van der Waals surface area contributed by atoms with Gasteiger partial charge in [0.05, 0.1) is 6.10 Å². The van der Waals surface area contributed by atoms with E-state index < -0.39 is 0 Å². The van der Waals surface area contributed by atoms with Crippen LogP contribution in [0.5, 0.6) is 0 Å². The second kappa shape index (κ2) is 6.02. The molecule has 0 radical (unpaired) electrons. The third-order valence-electron chi connectivity index (χ3n) is 4.41. The summed E-state index contributed by atoms with van der Waals surface area (Å²) in [6, 6.07) is 7.73. The van der Waals surface area contributed by atoms with E-state index in [-0.39, 0.29) is 5.82 Å². The van der Waals surface area contributed by atoms with Gasteiger partial charge in [0.1, 0.15) is 5.82 Å². The maximum atomic E-state index is 13.6. The van der Waals surface area contributed by atoms with E-state index in [1.54, 1.807) is 12.1 Å². The average Bonchev–Trinajstić information content (AvgIpc) is 2.87. The Bertz CT molecular complexity index is 411. The highest BCUT2D eigenvalue weighted by atomic mass is 19.1. The summed E-state index contributed by atoms with van der Waals surface area (Å²) in [5, 5.41) is 3.56. The molecule has 2 fully saturated rings. The van der Waals surface area contributed by atoms with Crippen molar-refractivity contribution in [3.8, 4) is 0 Å². The number of benzene rings is 1. The van der Waals surface area contributed by atoms with E-state index in [1.807, 2.05) is 12.1 Å². The molecular formula is C16H22FNO. The van der Waals surface area contributed by atoms with Crippen LogP contribution in [0, 0.1) is 5.82 Å². The SMILES string of the molecule is Fc1ccccc1C1CC(NCCC2CCCO2)C1. The summed E-state index contributed by atoms with van der Waals surface area (Å²) in [6.45, 7) is 1.96. The fraction of sp³-hybridized carbons (Fsp3) is 0.625. The fourth-order valence-corrected chi connectivity index (χ4v) is 3.17. The summed E-state index contributed by atoms with van der Waals surface area (Å²) < 4.78 is 19.2. The Morgan fingerprint density at radius 2 is 2.11 bits per heavy atom. The fourth-order valence-electron chi connectivity index (χ4n) is 3.17. The number of ether oxygens (including phenoxy) is 1. The molecule has 2 nitrogen and oxygen atoms in total. The second-order valence-corrected chi connectivity index (χ2v) is 5.76. The van der Waals surface area contributed by atoms with Crippen LogP contribution in [-0.4, -0.2) is 25.3 Å². The van der Waals surface area contributed by atoms with Crippen molar-refractivity contribution < 1.29 is 9.13 Å². The molecule has 0 aromatic heterocycles. The predicted molar refractivity (Wildman–Crippen MR) is 73.8 cm³/mol. The van der Waals surface area contributed by atoms with Gasteiger partial charge in [-0.2, -0.15) is 0 Å². The number of rotatable bonds is 5. The average molecular weight is 263 g/mol. The molecule has 0 amide bonds. The Hall–Kier alpha value is -0.930. The highest BCUT2D eigenvalue weighted by molar-refractivity contribution is 5.24. The molecule has 1 aliphatic heterocycles. The quantitative estimate of drug-likeness (QED) is 0.880. The maximum Gasteiger partial charge on any atom is 0.126 e. The minimum absolute atomic E-state index is 0.0506. The Balaban J connectivity index is 1.37. The molecule has 1 saturated carbocycles. The van der Waals surface area contributed by atoms with Crippen molar-refractivity contribution in [1.29, 1.82) is 0 Å². The third kappa shape index (κ3) is 3.15. The van der Waals surface area contributed by atoms with Crippen LogP contribution in [0.2, 0.25) is 0 Å². The minimum atomic E-state index is -0.0506. The molecule has 0 spiro atoms. The van der Waals surface area contributed by atoms with Crippen LogP contribution >= 0.6 is 0 Å². The second-order valence-electron chi connectivity index (χ2n) is 5.76. The Kier molecular flexibility index (Phi) is 4.14. The smallest absolute Gasteiger partial charge is 0.126 e. The normalized spacial score (nSPS) is 30.3. The summed E-state index contributed by atoms with van der Waals surface area (Å²) in [7, 11) is 0. The minimum Gasteiger partial charge on any atom is -0.378 e. The Labute approximate surface area is 114 Å². The highest BCUT2D eigenvalue weighted by Crippen LogP contribution is 2.37. The summed E-state index contributed by atoms with van der Waals surface area (Å²) >= 11 is 0. The summed E-state index contributed by atoms with van der Waals surface area (Å²) in [5.41, 5.74) is 0.889. The van der Waals surface area contributed by atoms with E-state index >= 15 is 0 Å². The van der Waals surface area contributed by atoms with E-state index in [4.69, 9.17) is 4.74 Å². The van der Waals surface area contributed by atoms with Crippen LogP contribution in [0.4, 0.5) is 4.39 Å². The van der Waals surface area contributed by atoms with Crippen LogP contribution in [0.15, 0.2) is 24.3 Å². The molecule has 1 unspecified atom stereocenters.